The lowest BCUT2D eigenvalue weighted by atomic mass is 10.2. The van der Waals surface area contributed by atoms with Crippen molar-refractivity contribution in [1.82, 2.24) is 0 Å². The summed E-state index contributed by atoms with van der Waals surface area (Å²) in [5.41, 5.74) is -0.104. The lowest BCUT2D eigenvalue weighted by Gasteiger charge is -2.06. The molecule has 0 aliphatic rings. The smallest absolute Gasteiger partial charge is 0.341 e. The van der Waals surface area contributed by atoms with Gasteiger partial charge in [-0.15, -0.1) is 0 Å². The Kier molecular flexibility index (Phi) is 3.49. The molecule has 3 nitrogen and oxygen atoms in total. The number of phenolic OH excluding ortho intramolecular Hbond substituents is 1. The third kappa shape index (κ3) is 1.90. The molecular formula is C8H5Br2FO3. The van der Waals surface area contributed by atoms with Crippen LogP contribution in [0.25, 0.3) is 0 Å². The number of rotatable bonds is 1. The summed E-state index contributed by atoms with van der Waals surface area (Å²) in [5.74, 6) is -1.88. The molecule has 1 N–H and O–H groups in total. The predicted octanol–water partition coefficient (Wildman–Crippen LogP) is 2.84. The van der Waals surface area contributed by atoms with Gasteiger partial charge in [0, 0.05) is 0 Å². The van der Waals surface area contributed by atoms with Crippen LogP contribution in [0.2, 0.25) is 0 Å². The fourth-order valence-electron chi connectivity index (χ4n) is 0.851. The van der Waals surface area contributed by atoms with E-state index in [9.17, 15) is 14.3 Å². The van der Waals surface area contributed by atoms with Crippen molar-refractivity contribution in [2.45, 2.75) is 0 Å². The number of methoxy groups -OCH3 is 1. The minimum Gasteiger partial charge on any atom is -0.506 e. The molecule has 0 spiro atoms. The number of hydrogen-bond acceptors (Lipinski definition) is 3. The molecule has 6 heteroatoms. The monoisotopic (exact) mass is 326 g/mol. The molecule has 1 aromatic carbocycles. The number of hydrogen-bond donors (Lipinski definition) is 1. The summed E-state index contributed by atoms with van der Waals surface area (Å²) in [6, 6.07) is 1.15. The molecule has 0 aromatic heterocycles. The molecule has 0 aliphatic carbocycles. The van der Waals surface area contributed by atoms with Crippen molar-refractivity contribution in [2.24, 2.45) is 0 Å². The highest BCUT2D eigenvalue weighted by Crippen LogP contribution is 2.35. The Morgan fingerprint density at radius 1 is 1.57 bits per heavy atom. The van der Waals surface area contributed by atoms with Crippen molar-refractivity contribution in [3.63, 3.8) is 0 Å². The van der Waals surface area contributed by atoms with Crippen LogP contribution in [0.1, 0.15) is 10.4 Å². The number of phenols is 1. The minimum atomic E-state index is -0.733. The number of ether oxygens (including phenoxy) is 1. The summed E-state index contributed by atoms with van der Waals surface area (Å²) in [5, 5.41) is 9.40. The number of benzene rings is 1. The summed E-state index contributed by atoms with van der Waals surface area (Å²) in [7, 11) is 1.17. The van der Waals surface area contributed by atoms with Crippen LogP contribution in [-0.2, 0) is 4.74 Å². The molecule has 0 aliphatic heterocycles. The summed E-state index contributed by atoms with van der Waals surface area (Å²) in [6.07, 6.45) is 0. The largest absolute Gasteiger partial charge is 0.506 e. The first-order valence-corrected chi connectivity index (χ1v) is 5.02. The molecule has 76 valence electrons. The highest BCUT2D eigenvalue weighted by Gasteiger charge is 2.19. The van der Waals surface area contributed by atoms with Gasteiger partial charge in [0.25, 0.3) is 0 Å². The van der Waals surface area contributed by atoms with E-state index >= 15 is 0 Å². The van der Waals surface area contributed by atoms with E-state index in [4.69, 9.17) is 0 Å². The standard InChI is InChI=1S/C8H5Br2FO3/c1-14-8(13)3-2-4(9)6(11)5(10)7(3)12/h2,12H,1H3. The molecule has 0 fully saturated rings. The van der Waals surface area contributed by atoms with E-state index in [1.165, 1.54) is 7.11 Å². The fourth-order valence-corrected chi connectivity index (χ4v) is 1.97. The van der Waals surface area contributed by atoms with Crippen LogP contribution in [0.3, 0.4) is 0 Å². The fraction of sp³-hybridized carbons (Fsp3) is 0.125. The quantitative estimate of drug-likeness (QED) is 0.637. The molecule has 1 aromatic rings. The average Bonchev–Trinajstić information content (AvgIpc) is 2.19. The molecule has 0 amide bonds. The second-order valence-corrected chi connectivity index (χ2v) is 4.02. The van der Waals surface area contributed by atoms with Gasteiger partial charge in [-0.1, -0.05) is 0 Å². The zero-order chi connectivity index (χ0) is 10.9. The second kappa shape index (κ2) is 4.27. The van der Waals surface area contributed by atoms with Crippen molar-refractivity contribution < 1.29 is 19.0 Å². The van der Waals surface area contributed by atoms with Crippen LogP contribution < -0.4 is 0 Å². The zero-order valence-electron chi connectivity index (χ0n) is 6.97. The Balaban J connectivity index is 3.40. The van der Waals surface area contributed by atoms with Crippen molar-refractivity contribution in [2.75, 3.05) is 7.11 Å². The molecule has 0 atom stereocenters. The van der Waals surface area contributed by atoms with Gasteiger partial charge >= 0.3 is 5.97 Å². The van der Waals surface area contributed by atoms with Gasteiger partial charge in [-0.3, -0.25) is 0 Å². The Morgan fingerprint density at radius 3 is 2.64 bits per heavy atom. The topological polar surface area (TPSA) is 46.5 Å². The van der Waals surface area contributed by atoms with Gasteiger partial charge in [0.1, 0.15) is 11.3 Å². The third-order valence-electron chi connectivity index (χ3n) is 1.54. The van der Waals surface area contributed by atoms with E-state index in [-0.39, 0.29) is 14.5 Å². The highest BCUT2D eigenvalue weighted by molar-refractivity contribution is 9.11. The molecule has 0 radical (unpaired) electrons. The first kappa shape index (κ1) is 11.5. The summed E-state index contributed by atoms with van der Waals surface area (Å²) in [6.45, 7) is 0. The van der Waals surface area contributed by atoms with Gasteiger partial charge in [0.05, 0.1) is 16.1 Å². The Hall–Kier alpha value is -0.620. The van der Waals surface area contributed by atoms with Crippen LogP contribution in [-0.4, -0.2) is 18.2 Å². The number of aromatic hydroxyl groups is 1. The van der Waals surface area contributed by atoms with Crippen molar-refractivity contribution in [3.8, 4) is 5.75 Å². The van der Waals surface area contributed by atoms with Crippen LogP contribution in [0.5, 0.6) is 5.75 Å². The van der Waals surface area contributed by atoms with Crippen molar-refractivity contribution in [3.05, 3.63) is 26.4 Å². The normalized spacial score (nSPS) is 10.0. The third-order valence-corrected chi connectivity index (χ3v) is 2.84. The molecule has 0 heterocycles. The van der Waals surface area contributed by atoms with Crippen LogP contribution in [0, 0.1) is 5.82 Å². The minimum absolute atomic E-state index is 0.0718. The molecule has 0 bridgehead atoms. The second-order valence-electron chi connectivity index (χ2n) is 2.37. The first-order valence-electron chi connectivity index (χ1n) is 3.43. The Morgan fingerprint density at radius 2 is 2.14 bits per heavy atom. The van der Waals surface area contributed by atoms with E-state index in [0.717, 1.165) is 6.07 Å². The van der Waals surface area contributed by atoms with Gasteiger partial charge in [0.2, 0.25) is 0 Å². The average molecular weight is 328 g/mol. The van der Waals surface area contributed by atoms with E-state index < -0.39 is 17.5 Å². The molecular weight excluding hydrogens is 323 g/mol. The van der Waals surface area contributed by atoms with E-state index in [1.807, 2.05) is 0 Å². The van der Waals surface area contributed by atoms with Crippen molar-refractivity contribution in [1.29, 1.82) is 0 Å². The van der Waals surface area contributed by atoms with Gasteiger partial charge in [-0.05, 0) is 37.9 Å². The maximum absolute atomic E-state index is 13.1. The number of esters is 1. The van der Waals surface area contributed by atoms with Crippen molar-refractivity contribution >= 4 is 37.8 Å². The van der Waals surface area contributed by atoms with E-state index in [1.54, 1.807) is 0 Å². The number of halogens is 3. The lowest BCUT2D eigenvalue weighted by Crippen LogP contribution is -2.03. The molecule has 14 heavy (non-hydrogen) atoms. The highest BCUT2D eigenvalue weighted by atomic mass is 79.9. The van der Waals surface area contributed by atoms with E-state index in [0.29, 0.717) is 0 Å². The molecule has 0 saturated carbocycles. The van der Waals surface area contributed by atoms with Gasteiger partial charge in [-0.2, -0.15) is 0 Å². The Bertz CT molecular complexity index is 393. The maximum atomic E-state index is 13.1. The molecule has 0 unspecified atom stereocenters. The molecule has 0 saturated heterocycles. The van der Waals surface area contributed by atoms with E-state index in [2.05, 4.69) is 36.6 Å². The van der Waals surface area contributed by atoms with Crippen LogP contribution in [0.4, 0.5) is 4.39 Å². The number of carbonyl (C=O) groups excluding carboxylic acids is 1. The maximum Gasteiger partial charge on any atom is 0.341 e. The lowest BCUT2D eigenvalue weighted by molar-refractivity contribution is 0.0597. The summed E-state index contributed by atoms with van der Waals surface area (Å²) in [4.78, 5) is 11.1. The van der Waals surface area contributed by atoms with Crippen LogP contribution in [0.15, 0.2) is 15.0 Å². The predicted molar refractivity (Wildman–Crippen MR) is 54.8 cm³/mol. The SMILES string of the molecule is COC(=O)c1cc(Br)c(F)c(Br)c1O. The molecule has 1 rings (SSSR count). The van der Waals surface area contributed by atoms with Gasteiger partial charge < -0.3 is 9.84 Å². The zero-order valence-corrected chi connectivity index (χ0v) is 10.1. The van der Waals surface area contributed by atoms with Crippen LogP contribution >= 0.6 is 31.9 Å². The number of carbonyl (C=O) groups is 1. The van der Waals surface area contributed by atoms with Gasteiger partial charge in [0.15, 0.2) is 5.82 Å². The summed E-state index contributed by atoms with van der Waals surface area (Å²) >= 11 is 5.72. The van der Waals surface area contributed by atoms with Gasteiger partial charge in [-0.25, -0.2) is 9.18 Å². The Labute approximate surface area is 96.1 Å². The summed E-state index contributed by atoms with van der Waals surface area (Å²) < 4.78 is 17.4. The first-order chi connectivity index (χ1) is 6.49.